The number of carbonyl (C=O) groups excluding carboxylic acids is 2. The first-order chi connectivity index (χ1) is 21.3. The molecule has 1 saturated carbocycles. The smallest absolute Gasteiger partial charge is 0.294 e. The summed E-state index contributed by atoms with van der Waals surface area (Å²) in [6.45, 7) is 5.15. The standard InChI is InChI=1S/C34H36ClN3O6/c1-20(2)21-8-10-22(11-9-21)32(39)38-30-27-16-25(43-26-18-41-34(42-19-26)23-6-4-3-5-7-23)13-14-28(27)44-31(30)33(40)37-29-15-12-24(35)17-36-29/h3-7,12-17,20-22,26,34H,8-11,18-19H2,1-2H3,(H,38,39)(H,36,37,40). The molecule has 2 aromatic heterocycles. The van der Waals surface area contributed by atoms with Crippen molar-refractivity contribution in [1.29, 1.82) is 0 Å². The molecule has 2 N–H and O–H groups in total. The van der Waals surface area contributed by atoms with Gasteiger partial charge in [-0.15, -0.1) is 0 Å². The Bertz CT molecular complexity index is 1590. The van der Waals surface area contributed by atoms with Crippen LogP contribution in [0.25, 0.3) is 11.0 Å². The Morgan fingerprint density at radius 2 is 1.70 bits per heavy atom. The number of rotatable bonds is 8. The normalized spacial score (nSPS) is 22.1. The van der Waals surface area contributed by atoms with E-state index in [1.54, 1.807) is 30.3 Å². The molecule has 230 valence electrons. The zero-order valence-electron chi connectivity index (χ0n) is 24.8. The number of benzene rings is 2. The van der Waals surface area contributed by atoms with Gasteiger partial charge in [-0.05, 0) is 67.9 Å². The van der Waals surface area contributed by atoms with Crippen molar-refractivity contribution in [2.24, 2.45) is 17.8 Å². The van der Waals surface area contributed by atoms with Gasteiger partial charge < -0.3 is 29.3 Å². The fourth-order valence-corrected chi connectivity index (χ4v) is 5.99. The van der Waals surface area contributed by atoms with Gasteiger partial charge in [0.15, 0.2) is 6.29 Å². The molecular weight excluding hydrogens is 582 g/mol. The molecule has 0 atom stereocenters. The van der Waals surface area contributed by atoms with E-state index in [0.29, 0.717) is 58.3 Å². The van der Waals surface area contributed by atoms with Crippen molar-refractivity contribution in [2.75, 3.05) is 23.8 Å². The van der Waals surface area contributed by atoms with Gasteiger partial charge in [0.1, 0.15) is 28.9 Å². The SMILES string of the molecule is CC(C)C1CCC(C(=O)Nc2c(C(=O)Nc3ccc(Cl)cn3)oc3ccc(OC4COC(c5ccccc5)OC4)cc23)CC1. The monoisotopic (exact) mass is 617 g/mol. The van der Waals surface area contributed by atoms with Gasteiger partial charge in [-0.1, -0.05) is 55.8 Å². The number of pyridine rings is 1. The molecule has 4 aromatic rings. The van der Waals surface area contributed by atoms with Gasteiger partial charge in [-0.3, -0.25) is 9.59 Å². The number of aromatic nitrogens is 1. The number of halogens is 1. The quantitative estimate of drug-likeness (QED) is 0.209. The van der Waals surface area contributed by atoms with Gasteiger partial charge in [0.25, 0.3) is 5.91 Å². The highest BCUT2D eigenvalue weighted by atomic mass is 35.5. The molecular formula is C34H36ClN3O6. The maximum Gasteiger partial charge on any atom is 0.294 e. The summed E-state index contributed by atoms with van der Waals surface area (Å²) >= 11 is 5.95. The maximum absolute atomic E-state index is 13.5. The van der Waals surface area contributed by atoms with E-state index in [1.807, 2.05) is 30.3 Å². The Morgan fingerprint density at radius 1 is 0.955 bits per heavy atom. The van der Waals surface area contributed by atoms with E-state index < -0.39 is 12.2 Å². The molecule has 1 aliphatic heterocycles. The van der Waals surface area contributed by atoms with Gasteiger partial charge >= 0.3 is 0 Å². The van der Waals surface area contributed by atoms with Gasteiger partial charge in [0.2, 0.25) is 11.7 Å². The van der Waals surface area contributed by atoms with Crippen molar-refractivity contribution in [1.82, 2.24) is 4.98 Å². The summed E-state index contributed by atoms with van der Waals surface area (Å²) in [7, 11) is 0. The molecule has 1 aliphatic carbocycles. The number of hydrogen-bond donors (Lipinski definition) is 2. The lowest BCUT2D eigenvalue weighted by atomic mass is 9.76. The van der Waals surface area contributed by atoms with E-state index in [4.69, 9.17) is 30.2 Å². The molecule has 2 aliphatic rings. The number of anilines is 2. The van der Waals surface area contributed by atoms with Crippen LogP contribution in [0, 0.1) is 17.8 Å². The molecule has 6 rings (SSSR count). The Balaban J connectivity index is 1.22. The summed E-state index contributed by atoms with van der Waals surface area (Å²) < 4.78 is 24.0. The van der Waals surface area contributed by atoms with E-state index in [2.05, 4.69) is 29.5 Å². The second-order valence-electron chi connectivity index (χ2n) is 11.8. The predicted molar refractivity (Wildman–Crippen MR) is 168 cm³/mol. The first-order valence-corrected chi connectivity index (χ1v) is 15.5. The van der Waals surface area contributed by atoms with Gasteiger partial charge in [0, 0.05) is 23.1 Å². The highest BCUT2D eigenvalue weighted by molar-refractivity contribution is 6.30. The van der Waals surface area contributed by atoms with Crippen LogP contribution in [0.15, 0.2) is 71.3 Å². The summed E-state index contributed by atoms with van der Waals surface area (Å²) in [4.78, 5) is 31.1. The highest BCUT2D eigenvalue weighted by Gasteiger charge is 2.31. The lowest BCUT2D eigenvalue weighted by molar-refractivity contribution is -0.215. The van der Waals surface area contributed by atoms with Crippen LogP contribution in [0.3, 0.4) is 0 Å². The number of nitrogens with one attached hydrogen (secondary N) is 2. The Labute approximate surface area is 261 Å². The van der Waals surface area contributed by atoms with Crippen molar-refractivity contribution in [3.8, 4) is 5.75 Å². The minimum absolute atomic E-state index is 0.0202. The largest absolute Gasteiger partial charge is 0.486 e. The van der Waals surface area contributed by atoms with Crippen LogP contribution in [0.4, 0.5) is 11.5 Å². The van der Waals surface area contributed by atoms with Gasteiger partial charge in [-0.2, -0.15) is 0 Å². The maximum atomic E-state index is 13.5. The number of ether oxygens (including phenoxy) is 3. The third kappa shape index (κ3) is 6.90. The van der Waals surface area contributed by atoms with Crippen molar-refractivity contribution in [3.05, 3.63) is 83.2 Å². The van der Waals surface area contributed by atoms with Crippen molar-refractivity contribution >= 4 is 45.9 Å². The Kier molecular flexibility index (Phi) is 9.16. The number of fused-ring (bicyclic) bond motifs is 1. The third-order valence-corrected chi connectivity index (χ3v) is 8.63. The summed E-state index contributed by atoms with van der Waals surface area (Å²) in [6, 6.07) is 18.2. The molecule has 2 amide bonds. The Morgan fingerprint density at radius 3 is 2.39 bits per heavy atom. The molecule has 9 nitrogen and oxygen atoms in total. The van der Waals surface area contributed by atoms with Gasteiger partial charge in [-0.25, -0.2) is 4.98 Å². The summed E-state index contributed by atoms with van der Waals surface area (Å²) in [5.74, 6) is 1.23. The van der Waals surface area contributed by atoms with E-state index in [9.17, 15) is 9.59 Å². The summed E-state index contributed by atoms with van der Waals surface area (Å²) in [6.07, 6.45) is 4.28. The second-order valence-corrected chi connectivity index (χ2v) is 12.2. The molecule has 0 spiro atoms. The molecule has 0 bridgehead atoms. The zero-order valence-corrected chi connectivity index (χ0v) is 25.5. The molecule has 44 heavy (non-hydrogen) atoms. The van der Waals surface area contributed by atoms with Crippen molar-refractivity contribution in [2.45, 2.75) is 51.9 Å². The predicted octanol–water partition coefficient (Wildman–Crippen LogP) is 7.63. The van der Waals surface area contributed by atoms with E-state index in [-0.39, 0.29) is 23.7 Å². The van der Waals surface area contributed by atoms with Gasteiger partial charge in [0.05, 0.1) is 18.2 Å². The minimum Gasteiger partial charge on any atom is -0.486 e. The number of hydrogen-bond acceptors (Lipinski definition) is 7. The van der Waals surface area contributed by atoms with Crippen molar-refractivity contribution in [3.63, 3.8) is 0 Å². The minimum atomic E-state index is -0.543. The molecule has 1 saturated heterocycles. The number of furan rings is 1. The lowest BCUT2D eigenvalue weighted by Gasteiger charge is -2.30. The number of carbonyl (C=O) groups is 2. The molecule has 0 radical (unpaired) electrons. The van der Waals surface area contributed by atoms with Crippen LogP contribution < -0.4 is 15.4 Å². The van der Waals surface area contributed by atoms with Crippen LogP contribution in [-0.2, 0) is 14.3 Å². The van der Waals surface area contributed by atoms with E-state index in [0.717, 1.165) is 31.2 Å². The summed E-state index contributed by atoms with van der Waals surface area (Å²) in [5, 5.41) is 6.78. The first-order valence-electron chi connectivity index (χ1n) is 15.1. The lowest BCUT2D eigenvalue weighted by Crippen LogP contribution is -2.35. The second kappa shape index (κ2) is 13.4. The molecule has 3 heterocycles. The number of nitrogens with zero attached hydrogens (tertiary/aromatic N) is 1. The van der Waals surface area contributed by atoms with Crippen LogP contribution in [0.2, 0.25) is 5.02 Å². The highest BCUT2D eigenvalue weighted by Crippen LogP contribution is 2.38. The fourth-order valence-electron chi connectivity index (χ4n) is 5.88. The first kappa shape index (κ1) is 30.1. The van der Waals surface area contributed by atoms with E-state index in [1.165, 1.54) is 6.20 Å². The zero-order chi connectivity index (χ0) is 30.6. The molecule has 2 fully saturated rings. The van der Waals surface area contributed by atoms with Crippen LogP contribution in [0.5, 0.6) is 5.75 Å². The van der Waals surface area contributed by atoms with Crippen LogP contribution >= 0.6 is 11.6 Å². The van der Waals surface area contributed by atoms with Crippen LogP contribution in [0.1, 0.15) is 61.9 Å². The van der Waals surface area contributed by atoms with Crippen molar-refractivity contribution < 1.29 is 28.2 Å². The Hall–Kier alpha value is -3.92. The molecule has 10 heteroatoms. The average Bonchev–Trinajstić information content (AvgIpc) is 3.40. The third-order valence-electron chi connectivity index (χ3n) is 8.41. The topological polar surface area (TPSA) is 112 Å². The molecule has 0 unspecified atom stereocenters. The van der Waals surface area contributed by atoms with Crippen LogP contribution in [-0.4, -0.2) is 36.1 Å². The van der Waals surface area contributed by atoms with E-state index >= 15 is 0 Å². The number of amides is 2. The summed E-state index contributed by atoms with van der Waals surface area (Å²) in [5.41, 5.74) is 1.68. The fraction of sp³-hybridized carbons (Fsp3) is 0.382. The molecule has 2 aromatic carbocycles. The average molecular weight is 618 g/mol.